The summed E-state index contributed by atoms with van der Waals surface area (Å²) in [6, 6.07) is 3.61. The van der Waals surface area contributed by atoms with Gasteiger partial charge in [0.2, 0.25) is 0 Å². The Bertz CT molecular complexity index is 860. The summed E-state index contributed by atoms with van der Waals surface area (Å²) in [4.78, 5) is 33.2. The van der Waals surface area contributed by atoms with Crippen molar-refractivity contribution in [3.63, 3.8) is 0 Å². The number of hydrogen-bond donors (Lipinski definition) is 2. The SMILES string of the molecule is COC(=O)c1cc(N2CCC(NC(=O)c3[nH]c(C)c(Cl)c3Cl)CC2)ccn1. The van der Waals surface area contributed by atoms with E-state index >= 15 is 0 Å². The number of halogens is 2. The van der Waals surface area contributed by atoms with Crippen molar-refractivity contribution in [1.29, 1.82) is 0 Å². The third-order valence-electron chi connectivity index (χ3n) is 4.61. The number of nitrogens with zero attached hydrogens (tertiary/aromatic N) is 2. The van der Waals surface area contributed by atoms with Crippen LogP contribution in [0.25, 0.3) is 0 Å². The van der Waals surface area contributed by atoms with Gasteiger partial charge in [-0.05, 0) is 31.9 Å². The average Bonchev–Trinajstić information content (AvgIpc) is 2.95. The maximum absolute atomic E-state index is 12.4. The van der Waals surface area contributed by atoms with Gasteiger partial charge in [0.25, 0.3) is 5.91 Å². The van der Waals surface area contributed by atoms with Gasteiger partial charge in [-0.25, -0.2) is 9.78 Å². The van der Waals surface area contributed by atoms with Crippen molar-refractivity contribution in [2.45, 2.75) is 25.8 Å². The molecule has 0 spiro atoms. The first-order chi connectivity index (χ1) is 12.9. The van der Waals surface area contributed by atoms with E-state index in [4.69, 9.17) is 27.9 Å². The number of pyridine rings is 1. The Labute approximate surface area is 167 Å². The molecule has 1 saturated heterocycles. The molecule has 1 aliphatic heterocycles. The summed E-state index contributed by atoms with van der Waals surface area (Å²) < 4.78 is 4.71. The maximum atomic E-state index is 12.4. The number of aromatic nitrogens is 2. The molecule has 27 heavy (non-hydrogen) atoms. The van der Waals surface area contributed by atoms with Gasteiger partial charge in [-0.1, -0.05) is 23.2 Å². The number of carbonyl (C=O) groups excluding carboxylic acids is 2. The number of esters is 1. The van der Waals surface area contributed by atoms with Crippen LogP contribution in [0.5, 0.6) is 0 Å². The van der Waals surface area contributed by atoms with E-state index in [9.17, 15) is 9.59 Å². The first kappa shape index (κ1) is 19.5. The molecule has 144 valence electrons. The van der Waals surface area contributed by atoms with Crippen molar-refractivity contribution < 1.29 is 14.3 Å². The van der Waals surface area contributed by atoms with Gasteiger partial charge in [0.15, 0.2) is 0 Å². The smallest absolute Gasteiger partial charge is 0.356 e. The first-order valence-electron chi connectivity index (χ1n) is 8.54. The highest BCUT2D eigenvalue weighted by Crippen LogP contribution is 2.29. The van der Waals surface area contributed by atoms with Gasteiger partial charge in [0.05, 0.1) is 17.2 Å². The van der Waals surface area contributed by atoms with Crippen LogP contribution in [-0.2, 0) is 4.74 Å². The highest BCUT2D eigenvalue weighted by atomic mass is 35.5. The molecule has 1 aliphatic rings. The van der Waals surface area contributed by atoms with Gasteiger partial charge in [-0.2, -0.15) is 0 Å². The van der Waals surface area contributed by atoms with E-state index < -0.39 is 5.97 Å². The molecule has 2 N–H and O–H groups in total. The number of nitrogens with one attached hydrogen (secondary N) is 2. The molecule has 0 aromatic carbocycles. The van der Waals surface area contributed by atoms with Gasteiger partial charge in [-0.15, -0.1) is 0 Å². The van der Waals surface area contributed by atoms with Crippen LogP contribution in [0, 0.1) is 6.92 Å². The summed E-state index contributed by atoms with van der Waals surface area (Å²) in [6.45, 7) is 3.25. The highest BCUT2D eigenvalue weighted by molar-refractivity contribution is 6.44. The number of aryl methyl sites for hydroxylation is 1. The van der Waals surface area contributed by atoms with Crippen LogP contribution < -0.4 is 10.2 Å². The van der Waals surface area contributed by atoms with Crippen molar-refractivity contribution >= 4 is 40.8 Å². The molecule has 2 aromatic rings. The molecule has 7 nitrogen and oxygen atoms in total. The fourth-order valence-electron chi connectivity index (χ4n) is 3.10. The zero-order chi connectivity index (χ0) is 19.6. The molecule has 3 rings (SSSR count). The van der Waals surface area contributed by atoms with Crippen molar-refractivity contribution in [1.82, 2.24) is 15.3 Å². The van der Waals surface area contributed by atoms with Crippen molar-refractivity contribution in [3.8, 4) is 0 Å². The molecular weight excluding hydrogens is 391 g/mol. The molecule has 0 unspecified atom stereocenters. The number of methoxy groups -OCH3 is 1. The Morgan fingerprint density at radius 2 is 2.00 bits per heavy atom. The fraction of sp³-hybridized carbons (Fsp3) is 0.389. The number of piperidine rings is 1. The Morgan fingerprint density at radius 1 is 1.30 bits per heavy atom. The Balaban J connectivity index is 1.60. The van der Waals surface area contributed by atoms with Gasteiger partial charge in [0.1, 0.15) is 11.4 Å². The van der Waals surface area contributed by atoms with Crippen molar-refractivity contribution in [2.24, 2.45) is 0 Å². The van der Waals surface area contributed by atoms with Crippen LogP contribution in [0.4, 0.5) is 5.69 Å². The van der Waals surface area contributed by atoms with E-state index in [-0.39, 0.29) is 22.7 Å². The third-order valence-corrected chi connectivity index (χ3v) is 5.56. The summed E-state index contributed by atoms with van der Waals surface area (Å²) >= 11 is 12.1. The maximum Gasteiger partial charge on any atom is 0.356 e. The highest BCUT2D eigenvalue weighted by Gasteiger charge is 2.24. The largest absolute Gasteiger partial charge is 0.464 e. The minimum absolute atomic E-state index is 0.0362. The summed E-state index contributed by atoms with van der Waals surface area (Å²) in [5.41, 5.74) is 2.14. The standard InChI is InChI=1S/C18H20Cl2N4O3/c1-10-14(19)15(20)16(22-10)17(25)23-11-4-7-24(8-5-11)12-3-6-21-13(9-12)18(26)27-2/h3,6,9,11,22H,4-5,7-8H2,1-2H3,(H,23,25). The monoisotopic (exact) mass is 410 g/mol. The molecular formula is C18H20Cl2N4O3. The van der Waals surface area contributed by atoms with Gasteiger partial charge >= 0.3 is 5.97 Å². The minimum Gasteiger partial charge on any atom is -0.464 e. The summed E-state index contributed by atoms with van der Waals surface area (Å²) in [6.07, 6.45) is 3.13. The lowest BCUT2D eigenvalue weighted by Gasteiger charge is -2.34. The summed E-state index contributed by atoms with van der Waals surface area (Å²) in [7, 11) is 1.33. The van der Waals surface area contributed by atoms with Crippen LogP contribution in [0.2, 0.25) is 10.0 Å². The Hall–Kier alpha value is -2.25. The summed E-state index contributed by atoms with van der Waals surface area (Å²) in [5, 5.41) is 3.62. The van der Waals surface area contributed by atoms with E-state index in [0.717, 1.165) is 31.6 Å². The van der Waals surface area contributed by atoms with E-state index in [1.165, 1.54) is 7.11 Å². The van der Waals surface area contributed by atoms with Crippen LogP contribution in [-0.4, -0.2) is 48.1 Å². The minimum atomic E-state index is -0.462. The normalized spacial score (nSPS) is 14.9. The van der Waals surface area contributed by atoms with Gasteiger partial charge in [-0.3, -0.25) is 4.79 Å². The predicted octanol–water partition coefficient (Wildman–Crippen LogP) is 3.21. The predicted molar refractivity (Wildman–Crippen MR) is 104 cm³/mol. The zero-order valence-corrected chi connectivity index (χ0v) is 16.5. The second-order valence-corrected chi connectivity index (χ2v) is 7.13. The second-order valence-electron chi connectivity index (χ2n) is 6.38. The number of rotatable bonds is 4. The van der Waals surface area contributed by atoms with Crippen LogP contribution >= 0.6 is 23.2 Å². The molecule has 2 aromatic heterocycles. The van der Waals surface area contributed by atoms with E-state index in [2.05, 4.69) is 20.2 Å². The Morgan fingerprint density at radius 3 is 2.59 bits per heavy atom. The molecule has 9 heteroatoms. The van der Waals surface area contributed by atoms with Crippen LogP contribution in [0.15, 0.2) is 18.3 Å². The molecule has 1 amide bonds. The molecule has 0 bridgehead atoms. The van der Waals surface area contributed by atoms with E-state index in [0.29, 0.717) is 16.4 Å². The summed E-state index contributed by atoms with van der Waals surface area (Å²) in [5.74, 6) is -0.721. The molecule has 0 saturated carbocycles. The zero-order valence-electron chi connectivity index (χ0n) is 15.0. The van der Waals surface area contributed by atoms with Crippen molar-refractivity contribution in [2.75, 3.05) is 25.1 Å². The van der Waals surface area contributed by atoms with Gasteiger partial charge < -0.3 is 19.9 Å². The lowest BCUT2D eigenvalue weighted by Crippen LogP contribution is -2.45. The number of hydrogen-bond acceptors (Lipinski definition) is 5. The van der Waals surface area contributed by atoms with E-state index in [1.54, 1.807) is 19.2 Å². The number of aromatic amines is 1. The Kier molecular flexibility index (Phi) is 5.92. The number of carbonyl (C=O) groups is 2. The molecule has 0 atom stereocenters. The average molecular weight is 411 g/mol. The van der Waals surface area contributed by atoms with Crippen LogP contribution in [0.3, 0.4) is 0 Å². The second kappa shape index (κ2) is 8.19. The third kappa shape index (κ3) is 4.20. The number of amides is 1. The molecule has 0 radical (unpaired) electrons. The number of anilines is 1. The molecule has 3 heterocycles. The fourth-order valence-corrected chi connectivity index (χ4v) is 3.52. The lowest BCUT2D eigenvalue weighted by molar-refractivity contribution is 0.0594. The quantitative estimate of drug-likeness (QED) is 0.755. The number of H-pyrrole nitrogens is 1. The van der Waals surface area contributed by atoms with Gasteiger partial charge in [0, 0.05) is 36.7 Å². The van der Waals surface area contributed by atoms with Crippen LogP contribution in [0.1, 0.15) is 39.5 Å². The molecule has 0 aliphatic carbocycles. The topological polar surface area (TPSA) is 87.3 Å². The lowest BCUT2D eigenvalue weighted by atomic mass is 10.0. The first-order valence-corrected chi connectivity index (χ1v) is 9.30. The van der Waals surface area contributed by atoms with Crippen molar-refractivity contribution in [3.05, 3.63) is 45.5 Å². The number of ether oxygens (including phenoxy) is 1. The van der Waals surface area contributed by atoms with E-state index in [1.807, 2.05) is 6.07 Å². The molecule has 1 fully saturated rings.